The highest BCUT2D eigenvalue weighted by atomic mass is 32.2. The summed E-state index contributed by atoms with van der Waals surface area (Å²) in [5.41, 5.74) is 6.62. The van der Waals surface area contributed by atoms with Crippen LogP contribution in [0.5, 0.6) is 11.5 Å². The zero-order valence-electron chi connectivity index (χ0n) is 9.16. The molecular weight excluding hydrogens is 210 g/mol. The molecule has 84 valence electrons. The van der Waals surface area contributed by atoms with Gasteiger partial charge in [-0.2, -0.15) is 11.8 Å². The van der Waals surface area contributed by atoms with Gasteiger partial charge in [0.05, 0.1) is 13.7 Å². The molecular formula is C11H17NO2S. The van der Waals surface area contributed by atoms with Crippen LogP contribution in [0.1, 0.15) is 5.56 Å². The van der Waals surface area contributed by atoms with E-state index in [1.807, 2.05) is 18.2 Å². The average molecular weight is 227 g/mol. The van der Waals surface area contributed by atoms with E-state index in [0.717, 1.165) is 22.8 Å². The van der Waals surface area contributed by atoms with Crippen LogP contribution in [0, 0.1) is 0 Å². The minimum Gasteiger partial charge on any atom is -0.493 e. The number of nitrogens with two attached hydrogens (primary N) is 1. The number of thioether (sulfide) groups is 1. The van der Waals surface area contributed by atoms with Crippen molar-refractivity contribution < 1.29 is 9.47 Å². The number of benzene rings is 1. The molecule has 0 heterocycles. The Morgan fingerprint density at radius 1 is 1.33 bits per heavy atom. The van der Waals surface area contributed by atoms with Gasteiger partial charge in [-0.05, 0) is 24.0 Å². The summed E-state index contributed by atoms with van der Waals surface area (Å²) in [5.74, 6) is 2.50. The Labute approximate surface area is 94.9 Å². The molecule has 0 fully saturated rings. The lowest BCUT2D eigenvalue weighted by Crippen LogP contribution is -2.03. The monoisotopic (exact) mass is 227 g/mol. The predicted molar refractivity (Wildman–Crippen MR) is 64.8 cm³/mol. The summed E-state index contributed by atoms with van der Waals surface area (Å²) in [6, 6.07) is 5.76. The topological polar surface area (TPSA) is 44.5 Å². The fourth-order valence-electron chi connectivity index (χ4n) is 1.20. The highest BCUT2D eigenvalue weighted by Gasteiger charge is 2.04. The van der Waals surface area contributed by atoms with Gasteiger partial charge < -0.3 is 15.2 Å². The van der Waals surface area contributed by atoms with Gasteiger partial charge in [0.2, 0.25) is 0 Å². The summed E-state index contributed by atoms with van der Waals surface area (Å²) < 4.78 is 10.8. The second-order valence-electron chi connectivity index (χ2n) is 3.03. The second kappa shape index (κ2) is 6.58. The van der Waals surface area contributed by atoms with Crippen molar-refractivity contribution >= 4 is 11.8 Å². The van der Waals surface area contributed by atoms with Gasteiger partial charge in [-0.3, -0.25) is 0 Å². The highest BCUT2D eigenvalue weighted by Crippen LogP contribution is 2.27. The first-order valence-electron chi connectivity index (χ1n) is 4.80. The lowest BCUT2D eigenvalue weighted by atomic mass is 10.2. The molecule has 0 aliphatic rings. The summed E-state index contributed by atoms with van der Waals surface area (Å²) in [6.45, 7) is 1.20. The van der Waals surface area contributed by atoms with Gasteiger partial charge in [-0.15, -0.1) is 0 Å². The molecule has 0 saturated heterocycles. The number of rotatable bonds is 6. The van der Waals surface area contributed by atoms with Crippen molar-refractivity contribution in [3.63, 3.8) is 0 Å². The average Bonchev–Trinajstić information content (AvgIpc) is 2.29. The zero-order chi connectivity index (χ0) is 11.1. The number of hydrogen-bond acceptors (Lipinski definition) is 4. The van der Waals surface area contributed by atoms with E-state index in [-0.39, 0.29) is 0 Å². The Morgan fingerprint density at radius 2 is 2.13 bits per heavy atom. The quantitative estimate of drug-likeness (QED) is 0.754. The molecule has 0 bridgehead atoms. The first-order valence-corrected chi connectivity index (χ1v) is 6.20. The maximum atomic E-state index is 5.61. The SMILES string of the molecule is COc1ccc(CN)cc1OCCSC. The smallest absolute Gasteiger partial charge is 0.161 e. The van der Waals surface area contributed by atoms with Crippen molar-refractivity contribution in [2.24, 2.45) is 5.73 Å². The van der Waals surface area contributed by atoms with Gasteiger partial charge in [0.1, 0.15) is 0 Å². The lowest BCUT2D eigenvalue weighted by molar-refractivity contribution is 0.313. The van der Waals surface area contributed by atoms with E-state index in [9.17, 15) is 0 Å². The van der Waals surface area contributed by atoms with Crippen LogP contribution in [0.3, 0.4) is 0 Å². The minimum absolute atomic E-state index is 0.517. The van der Waals surface area contributed by atoms with Crippen molar-refractivity contribution in [2.45, 2.75) is 6.54 Å². The van der Waals surface area contributed by atoms with Gasteiger partial charge in [-0.25, -0.2) is 0 Å². The molecule has 0 aliphatic carbocycles. The van der Waals surface area contributed by atoms with Crippen LogP contribution >= 0.6 is 11.8 Å². The van der Waals surface area contributed by atoms with E-state index in [2.05, 4.69) is 6.26 Å². The Balaban J connectivity index is 2.72. The van der Waals surface area contributed by atoms with Crippen molar-refractivity contribution in [3.05, 3.63) is 23.8 Å². The fraction of sp³-hybridized carbons (Fsp3) is 0.455. The molecule has 0 amide bonds. The van der Waals surface area contributed by atoms with Gasteiger partial charge >= 0.3 is 0 Å². The van der Waals surface area contributed by atoms with Crippen molar-refractivity contribution in [3.8, 4) is 11.5 Å². The second-order valence-corrected chi connectivity index (χ2v) is 4.02. The van der Waals surface area contributed by atoms with Crippen molar-refractivity contribution in [2.75, 3.05) is 25.7 Å². The molecule has 0 saturated carbocycles. The fourth-order valence-corrected chi connectivity index (χ4v) is 1.45. The van der Waals surface area contributed by atoms with Gasteiger partial charge in [0.25, 0.3) is 0 Å². The first-order chi connectivity index (χ1) is 7.31. The molecule has 0 radical (unpaired) electrons. The molecule has 3 nitrogen and oxygen atoms in total. The number of methoxy groups -OCH3 is 1. The Hall–Kier alpha value is -0.870. The van der Waals surface area contributed by atoms with E-state index in [0.29, 0.717) is 13.2 Å². The molecule has 1 aromatic carbocycles. The molecule has 1 aromatic rings. The Kier molecular flexibility index (Phi) is 5.36. The van der Waals surface area contributed by atoms with Crippen molar-refractivity contribution in [1.29, 1.82) is 0 Å². The summed E-state index contributed by atoms with van der Waals surface area (Å²) in [5, 5.41) is 0. The van der Waals surface area contributed by atoms with E-state index < -0.39 is 0 Å². The van der Waals surface area contributed by atoms with Crippen LogP contribution in [0.2, 0.25) is 0 Å². The molecule has 0 atom stereocenters. The summed E-state index contributed by atoms with van der Waals surface area (Å²) in [6.07, 6.45) is 2.05. The molecule has 0 unspecified atom stereocenters. The Bertz CT molecular complexity index is 305. The third kappa shape index (κ3) is 3.64. The number of ether oxygens (including phenoxy) is 2. The number of hydrogen-bond donors (Lipinski definition) is 1. The van der Waals surface area contributed by atoms with E-state index >= 15 is 0 Å². The normalized spacial score (nSPS) is 10.1. The lowest BCUT2D eigenvalue weighted by Gasteiger charge is -2.11. The first kappa shape index (κ1) is 12.2. The van der Waals surface area contributed by atoms with Crippen LogP contribution in [-0.2, 0) is 6.54 Å². The molecule has 15 heavy (non-hydrogen) atoms. The van der Waals surface area contributed by atoms with Gasteiger partial charge in [0.15, 0.2) is 11.5 Å². The molecule has 0 aliphatic heterocycles. The summed E-state index contributed by atoms with van der Waals surface area (Å²) in [7, 11) is 1.64. The van der Waals surface area contributed by atoms with E-state index in [4.69, 9.17) is 15.2 Å². The van der Waals surface area contributed by atoms with Crippen LogP contribution in [-0.4, -0.2) is 25.7 Å². The van der Waals surface area contributed by atoms with Crippen LogP contribution in [0.15, 0.2) is 18.2 Å². The Morgan fingerprint density at radius 3 is 2.73 bits per heavy atom. The van der Waals surface area contributed by atoms with Gasteiger partial charge in [-0.1, -0.05) is 6.07 Å². The summed E-state index contributed by atoms with van der Waals surface area (Å²) >= 11 is 1.75. The largest absolute Gasteiger partial charge is 0.493 e. The molecule has 0 aromatic heterocycles. The van der Waals surface area contributed by atoms with Crippen LogP contribution in [0.25, 0.3) is 0 Å². The zero-order valence-corrected chi connectivity index (χ0v) is 9.97. The third-order valence-electron chi connectivity index (χ3n) is 2.01. The predicted octanol–water partition coefficient (Wildman–Crippen LogP) is 1.90. The maximum Gasteiger partial charge on any atom is 0.161 e. The summed E-state index contributed by atoms with van der Waals surface area (Å²) in [4.78, 5) is 0. The maximum absolute atomic E-state index is 5.61. The van der Waals surface area contributed by atoms with Crippen LogP contribution < -0.4 is 15.2 Å². The van der Waals surface area contributed by atoms with E-state index in [1.54, 1.807) is 18.9 Å². The van der Waals surface area contributed by atoms with E-state index in [1.165, 1.54) is 0 Å². The molecule has 4 heteroatoms. The highest BCUT2D eigenvalue weighted by molar-refractivity contribution is 7.98. The molecule has 0 spiro atoms. The minimum atomic E-state index is 0.517. The molecule has 1 rings (SSSR count). The van der Waals surface area contributed by atoms with Crippen molar-refractivity contribution in [1.82, 2.24) is 0 Å². The third-order valence-corrected chi connectivity index (χ3v) is 2.58. The molecule has 2 N–H and O–H groups in total. The van der Waals surface area contributed by atoms with Crippen LogP contribution in [0.4, 0.5) is 0 Å². The standard InChI is InChI=1S/C11H17NO2S/c1-13-10-4-3-9(8-12)7-11(10)14-5-6-15-2/h3-4,7H,5-6,8,12H2,1-2H3. The van der Waals surface area contributed by atoms with Gasteiger partial charge in [0, 0.05) is 12.3 Å².